The maximum absolute atomic E-state index is 4.94. The lowest BCUT2D eigenvalue weighted by atomic mass is 9.84. The number of para-hydroxylation sites is 2. The average Bonchev–Trinajstić information content (AvgIpc) is 3.62. The Labute approximate surface area is 309 Å². The average molecular weight is 677 g/mol. The van der Waals surface area contributed by atoms with Gasteiger partial charge in [0.2, 0.25) is 0 Å². The number of hydrogen-bond donors (Lipinski definition) is 0. The number of imidazole rings is 1. The van der Waals surface area contributed by atoms with E-state index in [2.05, 4.69) is 200 Å². The molecule has 0 aliphatic heterocycles. The molecule has 0 unspecified atom stereocenters. The van der Waals surface area contributed by atoms with Crippen LogP contribution in [0.5, 0.6) is 0 Å². The van der Waals surface area contributed by atoms with Gasteiger partial charge in [-0.15, -0.1) is 0 Å². The molecule has 1 heterocycles. The SMILES string of the molecule is CCc1nc2ccccc2n1-c1ccc(-c2c3ccccc3c(-c3ccc(-c4cccc5ccccc45)cc3)c3cc(-c4ccccc4)ccc23)cc1. The largest absolute Gasteiger partial charge is 0.296 e. The molecule has 0 fully saturated rings. The van der Waals surface area contributed by atoms with Gasteiger partial charge >= 0.3 is 0 Å². The predicted molar refractivity (Wildman–Crippen MR) is 225 cm³/mol. The van der Waals surface area contributed by atoms with E-state index in [0.717, 1.165) is 29.0 Å². The summed E-state index contributed by atoms with van der Waals surface area (Å²) in [5.74, 6) is 1.07. The second-order valence-electron chi connectivity index (χ2n) is 13.8. The third-order valence-electron chi connectivity index (χ3n) is 10.8. The van der Waals surface area contributed by atoms with E-state index in [1.54, 1.807) is 0 Å². The fraction of sp³-hybridized carbons (Fsp3) is 0.0392. The van der Waals surface area contributed by atoms with E-state index in [1.165, 1.54) is 76.8 Å². The van der Waals surface area contributed by atoms with Gasteiger partial charge in [0.05, 0.1) is 11.0 Å². The fourth-order valence-electron chi connectivity index (χ4n) is 8.28. The summed E-state index contributed by atoms with van der Waals surface area (Å²) in [6.45, 7) is 2.17. The van der Waals surface area contributed by atoms with Gasteiger partial charge in [-0.3, -0.25) is 4.57 Å². The molecular weight excluding hydrogens is 641 g/mol. The van der Waals surface area contributed by atoms with Crippen LogP contribution in [-0.2, 0) is 6.42 Å². The van der Waals surface area contributed by atoms with E-state index in [1.807, 2.05) is 0 Å². The Morgan fingerprint density at radius 1 is 0.415 bits per heavy atom. The van der Waals surface area contributed by atoms with Crippen LogP contribution >= 0.6 is 0 Å². The topological polar surface area (TPSA) is 17.8 Å². The zero-order valence-electron chi connectivity index (χ0n) is 29.5. The van der Waals surface area contributed by atoms with Crippen LogP contribution in [0.2, 0.25) is 0 Å². The number of fused-ring (bicyclic) bond motifs is 4. The summed E-state index contributed by atoms with van der Waals surface area (Å²) in [6, 6.07) is 68.5. The minimum Gasteiger partial charge on any atom is -0.296 e. The lowest BCUT2D eigenvalue weighted by molar-refractivity contribution is 0.908. The molecule has 0 atom stereocenters. The van der Waals surface area contributed by atoms with Gasteiger partial charge in [-0.05, 0) is 107 Å². The summed E-state index contributed by atoms with van der Waals surface area (Å²) in [4.78, 5) is 4.94. The molecule has 0 saturated heterocycles. The van der Waals surface area contributed by atoms with Crippen LogP contribution in [0.3, 0.4) is 0 Å². The molecule has 10 rings (SSSR count). The van der Waals surface area contributed by atoms with E-state index in [0.29, 0.717) is 0 Å². The van der Waals surface area contributed by atoms with Crippen LogP contribution in [-0.4, -0.2) is 9.55 Å². The minimum atomic E-state index is 0.861. The maximum atomic E-state index is 4.94. The van der Waals surface area contributed by atoms with E-state index < -0.39 is 0 Å². The van der Waals surface area contributed by atoms with Crippen LogP contribution in [0.1, 0.15) is 12.7 Å². The molecule has 0 N–H and O–H groups in total. The van der Waals surface area contributed by atoms with E-state index >= 15 is 0 Å². The summed E-state index contributed by atoms with van der Waals surface area (Å²) >= 11 is 0. The Bertz CT molecular complexity index is 2950. The quantitative estimate of drug-likeness (QED) is 0.160. The van der Waals surface area contributed by atoms with E-state index in [4.69, 9.17) is 4.98 Å². The van der Waals surface area contributed by atoms with Crippen molar-refractivity contribution in [3.05, 3.63) is 194 Å². The van der Waals surface area contributed by atoms with Gasteiger partial charge < -0.3 is 0 Å². The van der Waals surface area contributed by atoms with Crippen molar-refractivity contribution in [3.8, 4) is 50.2 Å². The maximum Gasteiger partial charge on any atom is 0.114 e. The van der Waals surface area contributed by atoms with Gasteiger partial charge in [0.1, 0.15) is 5.82 Å². The van der Waals surface area contributed by atoms with Gasteiger partial charge in [0.15, 0.2) is 0 Å². The molecular formula is C51H36N2. The van der Waals surface area contributed by atoms with Crippen LogP contribution in [0.25, 0.3) is 93.5 Å². The highest BCUT2D eigenvalue weighted by Gasteiger charge is 2.19. The monoisotopic (exact) mass is 676 g/mol. The van der Waals surface area contributed by atoms with Crippen molar-refractivity contribution >= 4 is 43.4 Å². The number of aryl methyl sites for hydroxylation is 1. The van der Waals surface area contributed by atoms with Crippen molar-refractivity contribution in [2.24, 2.45) is 0 Å². The lowest BCUT2D eigenvalue weighted by Crippen LogP contribution is -2.00. The van der Waals surface area contributed by atoms with Crippen LogP contribution < -0.4 is 0 Å². The molecule has 250 valence electrons. The van der Waals surface area contributed by atoms with Crippen molar-refractivity contribution in [3.63, 3.8) is 0 Å². The van der Waals surface area contributed by atoms with Gasteiger partial charge in [0, 0.05) is 12.1 Å². The molecule has 0 radical (unpaired) electrons. The molecule has 53 heavy (non-hydrogen) atoms. The summed E-state index contributed by atoms with van der Waals surface area (Å²) in [6.07, 6.45) is 0.861. The third-order valence-corrected chi connectivity index (χ3v) is 10.8. The van der Waals surface area contributed by atoms with Crippen molar-refractivity contribution < 1.29 is 0 Å². The van der Waals surface area contributed by atoms with Crippen LogP contribution in [0.4, 0.5) is 0 Å². The minimum absolute atomic E-state index is 0.861. The van der Waals surface area contributed by atoms with Gasteiger partial charge in [-0.1, -0.05) is 165 Å². The number of aromatic nitrogens is 2. The van der Waals surface area contributed by atoms with Crippen molar-refractivity contribution in [2.75, 3.05) is 0 Å². The molecule has 10 aromatic rings. The van der Waals surface area contributed by atoms with Crippen LogP contribution in [0, 0.1) is 0 Å². The first-order valence-corrected chi connectivity index (χ1v) is 18.4. The number of rotatable bonds is 6. The highest BCUT2D eigenvalue weighted by atomic mass is 15.1. The molecule has 0 aliphatic carbocycles. The summed E-state index contributed by atoms with van der Waals surface area (Å²) in [7, 11) is 0. The highest BCUT2D eigenvalue weighted by Crippen LogP contribution is 2.45. The number of benzene rings is 9. The smallest absolute Gasteiger partial charge is 0.114 e. The Hall–Kier alpha value is -6.77. The second kappa shape index (κ2) is 12.8. The molecule has 0 bridgehead atoms. The number of hydrogen-bond acceptors (Lipinski definition) is 1. The summed E-state index contributed by atoms with van der Waals surface area (Å²) < 4.78 is 2.30. The zero-order chi connectivity index (χ0) is 35.3. The third kappa shape index (κ3) is 5.22. The molecule has 0 aliphatic rings. The van der Waals surface area contributed by atoms with Gasteiger partial charge in [0.25, 0.3) is 0 Å². The van der Waals surface area contributed by atoms with Gasteiger partial charge in [-0.2, -0.15) is 0 Å². The Balaban J connectivity index is 1.18. The molecule has 0 amide bonds. The molecule has 0 spiro atoms. The van der Waals surface area contributed by atoms with E-state index in [9.17, 15) is 0 Å². The first kappa shape index (κ1) is 31.0. The Morgan fingerprint density at radius 3 is 1.74 bits per heavy atom. The Kier molecular flexibility index (Phi) is 7.47. The van der Waals surface area contributed by atoms with Gasteiger partial charge in [-0.25, -0.2) is 4.98 Å². The normalized spacial score (nSPS) is 11.6. The zero-order valence-corrected chi connectivity index (χ0v) is 29.5. The van der Waals surface area contributed by atoms with Crippen LogP contribution in [0.15, 0.2) is 188 Å². The molecule has 1 aromatic heterocycles. The summed E-state index contributed by atoms with van der Waals surface area (Å²) in [5, 5.41) is 7.51. The fourth-order valence-corrected chi connectivity index (χ4v) is 8.28. The lowest BCUT2D eigenvalue weighted by Gasteiger charge is -2.19. The van der Waals surface area contributed by atoms with Crippen molar-refractivity contribution in [2.45, 2.75) is 13.3 Å². The van der Waals surface area contributed by atoms with Crippen molar-refractivity contribution in [1.82, 2.24) is 9.55 Å². The first-order chi connectivity index (χ1) is 26.2. The molecule has 2 heteroatoms. The predicted octanol–water partition coefficient (Wildman–Crippen LogP) is 13.7. The summed E-state index contributed by atoms with van der Waals surface area (Å²) in [5.41, 5.74) is 13.1. The molecule has 2 nitrogen and oxygen atoms in total. The van der Waals surface area contributed by atoms with E-state index in [-0.39, 0.29) is 0 Å². The second-order valence-corrected chi connectivity index (χ2v) is 13.8. The standard InChI is InChI=1S/C51H36N2/c1-2-49-52-47-21-10-11-22-48(47)53(49)40-30-27-38(28-31-40)50-43-18-8-9-19-44(43)51(46-33-39(29-32-45(46)50)34-13-4-3-5-14-34)37-25-23-36(24-26-37)42-20-12-16-35-15-6-7-17-41(35)42/h3-33H,2H2,1H3. The first-order valence-electron chi connectivity index (χ1n) is 18.4. The van der Waals surface area contributed by atoms with Crippen molar-refractivity contribution in [1.29, 1.82) is 0 Å². The highest BCUT2D eigenvalue weighted by molar-refractivity contribution is 6.22. The molecule has 0 saturated carbocycles. The molecule has 9 aromatic carbocycles. The Morgan fingerprint density at radius 2 is 0.981 bits per heavy atom. The number of nitrogens with zero attached hydrogens (tertiary/aromatic N) is 2.